The summed E-state index contributed by atoms with van der Waals surface area (Å²) in [5, 5.41) is 21.8. The van der Waals surface area contributed by atoms with Gasteiger partial charge < -0.3 is 20.2 Å². The molecule has 0 bridgehead atoms. The molecule has 0 saturated heterocycles. The van der Waals surface area contributed by atoms with Gasteiger partial charge in [-0.3, -0.25) is 30.1 Å². The number of H-pyrrole nitrogens is 4. The van der Waals surface area contributed by atoms with Crippen molar-refractivity contribution in [1.29, 1.82) is 0 Å². The minimum atomic E-state index is 0.531. The van der Waals surface area contributed by atoms with Gasteiger partial charge in [-0.15, -0.1) is 0 Å². The largest absolute Gasteiger partial charge is 0.358 e. The van der Waals surface area contributed by atoms with Gasteiger partial charge in [-0.1, -0.05) is 99.3 Å². The van der Waals surface area contributed by atoms with Gasteiger partial charge in [0.2, 0.25) is 0 Å². The van der Waals surface area contributed by atoms with Gasteiger partial charge in [0.25, 0.3) is 0 Å². The highest BCUT2D eigenvalue weighted by molar-refractivity contribution is 6.21. The molecule has 372 valence electrons. The third-order valence-electron chi connectivity index (χ3n) is 13.2. The average Bonchev–Trinajstić information content (AvgIpc) is 4.29. The Labute approximate surface area is 434 Å². The summed E-state index contributed by atoms with van der Waals surface area (Å²) in [5.41, 5.74) is 18.7. The van der Waals surface area contributed by atoms with E-state index in [1.807, 2.05) is 43.0 Å². The molecule has 14 heteroatoms. The normalized spacial score (nSPS) is 13.3. The average molecular weight is 987 g/mol. The van der Waals surface area contributed by atoms with Crippen LogP contribution in [0.2, 0.25) is 0 Å². The molecule has 0 unspecified atom stereocenters. The Morgan fingerprint density at radius 3 is 2.36 bits per heavy atom. The van der Waals surface area contributed by atoms with Crippen molar-refractivity contribution in [2.45, 2.75) is 46.6 Å². The first kappa shape index (κ1) is 48.1. The molecule has 75 heavy (non-hydrogen) atoms. The first-order valence-electron chi connectivity index (χ1n) is 25.3. The molecule has 14 nitrogen and oxygen atoms in total. The molecule has 0 radical (unpaired) electrons. The molecule has 12 rings (SSSR count). The highest BCUT2D eigenvalue weighted by Gasteiger charge is 2.19. The number of aliphatic imine (C=N–C) groups is 1. The summed E-state index contributed by atoms with van der Waals surface area (Å²) in [4.78, 5) is 37.5. The molecule has 5 N–H and O–H groups in total. The minimum Gasteiger partial charge on any atom is -0.358 e. The molecule has 1 aliphatic carbocycles. The van der Waals surface area contributed by atoms with Gasteiger partial charge in [0.15, 0.2) is 11.6 Å². The Bertz CT molecular complexity index is 4010. The van der Waals surface area contributed by atoms with Gasteiger partial charge >= 0.3 is 0 Å². The number of aromatic nitrogens is 11. The molecule has 0 fully saturated rings. The van der Waals surface area contributed by atoms with Gasteiger partial charge in [-0.05, 0) is 105 Å². The molecule has 0 spiro atoms. The maximum atomic E-state index is 5.00. The lowest BCUT2D eigenvalue weighted by atomic mass is 10.0. The van der Waals surface area contributed by atoms with Crippen molar-refractivity contribution in [1.82, 2.24) is 60.2 Å². The Morgan fingerprint density at radius 1 is 0.773 bits per heavy atom. The predicted molar refractivity (Wildman–Crippen MR) is 305 cm³/mol. The van der Waals surface area contributed by atoms with Crippen molar-refractivity contribution in [3.05, 3.63) is 191 Å². The number of fused-ring (bicyclic) bond motifs is 4. The number of hydrogen-bond acceptors (Lipinski definition) is 10. The van der Waals surface area contributed by atoms with Crippen molar-refractivity contribution in [2.75, 3.05) is 26.0 Å². The molecule has 1 aliphatic heterocycles. The lowest BCUT2D eigenvalue weighted by Crippen LogP contribution is -2.24. The second-order valence-electron chi connectivity index (χ2n) is 19.7. The Balaban J connectivity index is 0.000000162. The number of aromatic amines is 4. The molecule has 0 amide bonds. The highest BCUT2D eigenvalue weighted by atomic mass is 15.1. The number of para-hydroxylation sites is 2. The third-order valence-corrected chi connectivity index (χ3v) is 13.2. The van der Waals surface area contributed by atoms with E-state index in [-0.39, 0.29) is 0 Å². The number of allylic oxidation sites excluding steroid dienone is 7. The highest BCUT2D eigenvalue weighted by Crippen LogP contribution is 2.33. The Morgan fingerprint density at radius 2 is 1.55 bits per heavy atom. The second-order valence-corrected chi connectivity index (χ2v) is 19.7. The van der Waals surface area contributed by atoms with Crippen LogP contribution in [0.4, 0.5) is 5.69 Å². The zero-order chi connectivity index (χ0) is 51.4. The quantitative estimate of drug-likeness (QED) is 0.0708. The molecule has 7 aromatic heterocycles. The number of pyridine rings is 3. The molecule has 8 heterocycles. The first-order chi connectivity index (χ1) is 36.6. The number of nitrogens with one attached hydrogen (secondary N) is 5. The van der Waals surface area contributed by atoms with Gasteiger partial charge in [0.05, 0.1) is 69.0 Å². The molecular formula is C61H58N14. The van der Waals surface area contributed by atoms with E-state index in [2.05, 4.69) is 200 Å². The van der Waals surface area contributed by atoms with E-state index >= 15 is 0 Å². The zero-order valence-corrected chi connectivity index (χ0v) is 42.8. The fourth-order valence-corrected chi connectivity index (χ4v) is 9.53. The van der Waals surface area contributed by atoms with Gasteiger partial charge in [0.1, 0.15) is 11.4 Å². The topological polar surface area (TPSA) is 181 Å². The van der Waals surface area contributed by atoms with Crippen molar-refractivity contribution in [3.63, 3.8) is 0 Å². The number of rotatable bonds is 14. The van der Waals surface area contributed by atoms with E-state index in [4.69, 9.17) is 15.0 Å². The first-order valence-corrected chi connectivity index (χ1v) is 25.3. The number of imidazole rings is 2. The van der Waals surface area contributed by atoms with Crippen molar-refractivity contribution >= 4 is 67.7 Å². The van der Waals surface area contributed by atoms with Crippen molar-refractivity contribution in [2.24, 2.45) is 10.9 Å². The summed E-state index contributed by atoms with van der Waals surface area (Å²) in [5.74, 6) is 2.09. The summed E-state index contributed by atoms with van der Waals surface area (Å²) >= 11 is 0. The molecule has 0 atom stereocenters. The van der Waals surface area contributed by atoms with Crippen LogP contribution in [0.3, 0.4) is 0 Å². The van der Waals surface area contributed by atoms with Gasteiger partial charge in [0, 0.05) is 70.1 Å². The summed E-state index contributed by atoms with van der Waals surface area (Å²) in [7, 11) is 4.10. The Kier molecular flexibility index (Phi) is 13.6. The van der Waals surface area contributed by atoms with Crippen molar-refractivity contribution in [3.8, 4) is 34.3 Å². The van der Waals surface area contributed by atoms with Crippen LogP contribution in [0.1, 0.15) is 61.4 Å². The summed E-state index contributed by atoms with van der Waals surface area (Å²) in [6.07, 6.45) is 24.9. The SMILES string of the molecule is C/C(=C\CC(C)C)c1cccc2[nH]c(-c3n[nH]c4cnc(-c5cncc(CN(C)C)c5)cc34)nc12.C=C(Cc1ccccc1)Nc1cncc(C2=NCC=c3[nH]nc(-c4nc5c(C6=CCC=C6)cccc5[nH]4)c3=C2)c1. The van der Waals surface area contributed by atoms with Gasteiger partial charge in [-0.2, -0.15) is 10.2 Å². The van der Waals surface area contributed by atoms with Crippen LogP contribution >= 0.6 is 0 Å². The fourth-order valence-electron chi connectivity index (χ4n) is 9.53. The fraction of sp³-hybridized carbons (Fsp3) is 0.180. The van der Waals surface area contributed by atoms with Crippen LogP contribution in [0.5, 0.6) is 0 Å². The van der Waals surface area contributed by atoms with E-state index < -0.39 is 0 Å². The smallest absolute Gasteiger partial charge is 0.159 e. The third kappa shape index (κ3) is 10.6. The molecule has 2 aliphatic rings. The van der Waals surface area contributed by atoms with Crippen LogP contribution in [-0.4, -0.2) is 86.5 Å². The number of nitrogens with zero attached hydrogens (tertiary/aromatic N) is 9. The standard InChI is InChI=1S/C33H27N7.C28H31N7/c1-21(16-22-8-3-2-4-9-22)36-25-17-24(19-34-20-25)30-18-27-28(14-15-35-30)39-40-32(27)33-37-29-13-7-12-26(31(29)38-33)23-10-5-6-11-23;1-17(2)9-10-18(3)21-7-6-8-23-26(21)32-28(31-23)27-22-12-24(30-15-25(22)33-34-27)20-11-19(13-29-14-20)16-35(4)5/h2-5,7-14,17-20,36,39H,1,6,15-16H2,(H,37,38);6-8,10-15,17H,9,16H2,1-5H3,(H,31,32)(H,33,34)/b;18-10+. The minimum absolute atomic E-state index is 0.531. The monoisotopic (exact) mass is 986 g/mol. The van der Waals surface area contributed by atoms with E-state index in [1.165, 1.54) is 16.7 Å². The maximum Gasteiger partial charge on any atom is 0.159 e. The van der Waals surface area contributed by atoms with E-state index in [0.29, 0.717) is 12.5 Å². The van der Waals surface area contributed by atoms with E-state index in [9.17, 15) is 0 Å². The van der Waals surface area contributed by atoms with E-state index in [0.717, 1.165) is 143 Å². The summed E-state index contributed by atoms with van der Waals surface area (Å²) in [6.45, 7) is 12.2. The molecule has 3 aromatic carbocycles. The molecule has 0 saturated carbocycles. The number of benzene rings is 3. The van der Waals surface area contributed by atoms with Crippen molar-refractivity contribution < 1.29 is 0 Å². The molecule has 10 aromatic rings. The zero-order valence-electron chi connectivity index (χ0n) is 42.8. The van der Waals surface area contributed by atoms with Crippen LogP contribution in [-0.2, 0) is 13.0 Å². The van der Waals surface area contributed by atoms with Gasteiger partial charge in [-0.25, -0.2) is 9.97 Å². The lowest BCUT2D eigenvalue weighted by Gasteiger charge is -2.11. The lowest BCUT2D eigenvalue weighted by molar-refractivity contribution is 0.402. The van der Waals surface area contributed by atoms with Crippen LogP contribution in [0.25, 0.3) is 90.6 Å². The summed E-state index contributed by atoms with van der Waals surface area (Å²) < 4.78 is 0. The van der Waals surface area contributed by atoms with Crippen LogP contribution < -0.4 is 15.9 Å². The molecular weight excluding hydrogens is 929 g/mol. The maximum absolute atomic E-state index is 5.00. The van der Waals surface area contributed by atoms with Crippen LogP contribution in [0, 0.1) is 5.92 Å². The number of anilines is 1. The predicted octanol–water partition coefficient (Wildman–Crippen LogP) is 11.0. The summed E-state index contributed by atoms with van der Waals surface area (Å²) in [6, 6.07) is 29.0. The number of hydrogen-bond donors (Lipinski definition) is 5. The Hall–Kier alpha value is -9.14. The van der Waals surface area contributed by atoms with E-state index in [1.54, 1.807) is 6.20 Å². The second kappa shape index (κ2) is 21.1. The van der Waals surface area contributed by atoms with Crippen LogP contribution in [0.15, 0.2) is 157 Å².